The average Bonchev–Trinajstić information content (AvgIpc) is 2.81. The van der Waals surface area contributed by atoms with E-state index in [1.54, 1.807) is 30.6 Å². The van der Waals surface area contributed by atoms with Gasteiger partial charge < -0.3 is 10.1 Å². The van der Waals surface area contributed by atoms with Gasteiger partial charge in [0, 0.05) is 9.85 Å². The van der Waals surface area contributed by atoms with Crippen LogP contribution in [-0.4, -0.2) is 18.0 Å². The van der Waals surface area contributed by atoms with Crippen molar-refractivity contribution in [2.45, 2.75) is 13.5 Å². The van der Waals surface area contributed by atoms with Crippen molar-refractivity contribution in [3.05, 3.63) is 44.3 Å². The van der Waals surface area contributed by atoms with Crippen LogP contribution in [0.3, 0.4) is 0 Å². The van der Waals surface area contributed by atoms with Crippen LogP contribution in [-0.2, 0) is 6.54 Å². The first-order valence-electron chi connectivity index (χ1n) is 5.63. The number of methoxy groups -OCH3 is 1. The molecule has 2 rings (SSSR count). The molecule has 1 N–H and O–H groups in total. The molecule has 0 aliphatic carbocycles. The maximum atomic E-state index is 12.1. The summed E-state index contributed by atoms with van der Waals surface area (Å²) in [7, 11) is 1.54. The zero-order valence-electron chi connectivity index (χ0n) is 10.6. The maximum absolute atomic E-state index is 12.1. The van der Waals surface area contributed by atoms with Crippen LogP contribution < -0.4 is 10.1 Å². The number of thiazole rings is 1. The van der Waals surface area contributed by atoms with E-state index < -0.39 is 0 Å². The average molecular weight is 341 g/mol. The van der Waals surface area contributed by atoms with Gasteiger partial charge in [-0.15, -0.1) is 11.3 Å². The highest BCUT2D eigenvalue weighted by atomic mass is 79.9. The van der Waals surface area contributed by atoms with Gasteiger partial charge in [-0.3, -0.25) is 4.79 Å². The third-order valence-corrected chi connectivity index (χ3v) is 3.82. The molecule has 0 radical (unpaired) electrons. The Morgan fingerprint density at radius 3 is 2.95 bits per heavy atom. The molecular weight excluding hydrogens is 328 g/mol. The minimum Gasteiger partial charge on any atom is -0.496 e. The topological polar surface area (TPSA) is 51.2 Å². The summed E-state index contributed by atoms with van der Waals surface area (Å²) < 4.78 is 6.07. The Hall–Kier alpha value is -1.40. The molecule has 0 atom stereocenters. The van der Waals surface area contributed by atoms with Crippen molar-refractivity contribution < 1.29 is 9.53 Å². The molecule has 100 valence electrons. The summed E-state index contributed by atoms with van der Waals surface area (Å²) in [5.41, 5.74) is 1.38. The van der Waals surface area contributed by atoms with Gasteiger partial charge in [0.15, 0.2) is 0 Å². The monoisotopic (exact) mass is 340 g/mol. The molecule has 6 heteroatoms. The van der Waals surface area contributed by atoms with E-state index in [1.807, 2.05) is 18.4 Å². The van der Waals surface area contributed by atoms with E-state index in [9.17, 15) is 4.79 Å². The molecule has 1 heterocycles. The lowest BCUT2D eigenvalue weighted by molar-refractivity contribution is 0.0947. The van der Waals surface area contributed by atoms with Crippen LogP contribution in [0.4, 0.5) is 0 Å². The molecule has 1 amide bonds. The summed E-state index contributed by atoms with van der Waals surface area (Å²) in [5.74, 6) is 0.372. The van der Waals surface area contributed by atoms with Crippen molar-refractivity contribution >= 4 is 33.2 Å². The normalized spacial score (nSPS) is 10.3. The predicted molar refractivity (Wildman–Crippen MR) is 78.7 cm³/mol. The molecule has 1 aromatic carbocycles. The van der Waals surface area contributed by atoms with Gasteiger partial charge in [0.1, 0.15) is 5.75 Å². The molecule has 4 nitrogen and oxygen atoms in total. The third kappa shape index (κ3) is 3.54. The molecular formula is C13H13BrN2O2S. The molecule has 0 aliphatic heterocycles. The van der Waals surface area contributed by atoms with E-state index in [2.05, 4.69) is 26.2 Å². The van der Waals surface area contributed by atoms with E-state index in [1.165, 1.54) is 0 Å². The molecule has 1 aromatic heterocycles. The minimum atomic E-state index is -0.171. The van der Waals surface area contributed by atoms with Crippen LogP contribution in [0.1, 0.15) is 21.1 Å². The lowest BCUT2D eigenvalue weighted by Gasteiger charge is -2.09. The van der Waals surface area contributed by atoms with E-state index in [4.69, 9.17) is 4.74 Å². The number of benzene rings is 1. The number of aryl methyl sites for hydroxylation is 1. The van der Waals surface area contributed by atoms with Gasteiger partial charge >= 0.3 is 0 Å². The maximum Gasteiger partial charge on any atom is 0.255 e. The van der Waals surface area contributed by atoms with Gasteiger partial charge in [-0.1, -0.05) is 15.9 Å². The fraction of sp³-hybridized carbons (Fsp3) is 0.231. The second-order valence-corrected chi connectivity index (χ2v) is 5.86. The van der Waals surface area contributed by atoms with E-state index in [-0.39, 0.29) is 5.91 Å². The van der Waals surface area contributed by atoms with Crippen molar-refractivity contribution in [1.29, 1.82) is 0 Å². The van der Waals surface area contributed by atoms with Gasteiger partial charge in [0.25, 0.3) is 5.91 Å². The second-order valence-electron chi connectivity index (χ2n) is 3.89. The van der Waals surface area contributed by atoms with Crippen molar-refractivity contribution in [3.8, 4) is 5.75 Å². The molecule has 0 bridgehead atoms. The number of nitrogens with zero attached hydrogens (tertiary/aromatic N) is 1. The van der Waals surface area contributed by atoms with Crippen LogP contribution in [0, 0.1) is 6.92 Å². The number of halogens is 1. The second kappa shape index (κ2) is 6.16. The van der Waals surface area contributed by atoms with Crippen molar-refractivity contribution in [2.75, 3.05) is 7.11 Å². The summed E-state index contributed by atoms with van der Waals surface area (Å²) in [5, 5.41) is 5.76. The zero-order valence-corrected chi connectivity index (χ0v) is 13.0. The number of rotatable bonds is 4. The number of carbonyl (C=O) groups excluding carboxylic acids is 1. The van der Waals surface area contributed by atoms with Gasteiger partial charge in [-0.25, -0.2) is 4.98 Å². The molecule has 0 unspecified atom stereocenters. The van der Waals surface area contributed by atoms with Crippen LogP contribution >= 0.6 is 27.3 Å². The summed E-state index contributed by atoms with van der Waals surface area (Å²) >= 11 is 4.91. The number of hydrogen-bond acceptors (Lipinski definition) is 4. The lowest BCUT2D eigenvalue weighted by atomic mass is 10.2. The Bertz CT molecular complexity index is 598. The highest BCUT2D eigenvalue weighted by molar-refractivity contribution is 9.10. The van der Waals surface area contributed by atoms with E-state index >= 15 is 0 Å². The Morgan fingerprint density at radius 2 is 2.32 bits per heavy atom. The van der Waals surface area contributed by atoms with Crippen LogP contribution in [0.15, 0.2) is 28.1 Å². The van der Waals surface area contributed by atoms with Gasteiger partial charge in [0.05, 0.1) is 29.9 Å². The fourth-order valence-corrected chi connectivity index (χ4v) is 2.56. The molecule has 0 spiro atoms. The standard InChI is InChI=1S/C13H13BrN2O2S/c1-8-16-10(7-19-8)6-15-13(17)11-4-3-9(14)5-12(11)18-2/h3-5,7H,6H2,1-2H3,(H,15,17). The number of aromatic nitrogens is 1. The Balaban J connectivity index is 2.07. The number of hydrogen-bond donors (Lipinski definition) is 1. The Kier molecular flexibility index (Phi) is 4.55. The highest BCUT2D eigenvalue weighted by Crippen LogP contribution is 2.23. The highest BCUT2D eigenvalue weighted by Gasteiger charge is 2.12. The quantitative estimate of drug-likeness (QED) is 0.929. The first-order chi connectivity index (χ1) is 9.10. The Morgan fingerprint density at radius 1 is 1.53 bits per heavy atom. The van der Waals surface area contributed by atoms with Crippen molar-refractivity contribution in [2.24, 2.45) is 0 Å². The molecule has 19 heavy (non-hydrogen) atoms. The molecule has 2 aromatic rings. The van der Waals surface area contributed by atoms with Gasteiger partial charge in [-0.05, 0) is 25.1 Å². The largest absolute Gasteiger partial charge is 0.496 e. The Labute approximate surface area is 124 Å². The molecule has 0 saturated heterocycles. The zero-order chi connectivity index (χ0) is 13.8. The predicted octanol–water partition coefficient (Wildman–Crippen LogP) is 3.15. The number of amides is 1. The van der Waals surface area contributed by atoms with Gasteiger partial charge in [-0.2, -0.15) is 0 Å². The summed E-state index contributed by atoms with van der Waals surface area (Å²) in [6, 6.07) is 5.30. The number of nitrogens with one attached hydrogen (secondary N) is 1. The first kappa shape index (κ1) is 14.0. The fourth-order valence-electron chi connectivity index (χ4n) is 1.61. The number of carbonyl (C=O) groups is 1. The van der Waals surface area contributed by atoms with Crippen molar-refractivity contribution in [1.82, 2.24) is 10.3 Å². The van der Waals surface area contributed by atoms with E-state index in [0.29, 0.717) is 17.9 Å². The smallest absolute Gasteiger partial charge is 0.255 e. The third-order valence-electron chi connectivity index (χ3n) is 2.50. The first-order valence-corrected chi connectivity index (χ1v) is 7.30. The summed E-state index contributed by atoms with van der Waals surface area (Å²) in [6.45, 7) is 2.36. The van der Waals surface area contributed by atoms with Crippen LogP contribution in [0.25, 0.3) is 0 Å². The lowest BCUT2D eigenvalue weighted by Crippen LogP contribution is -2.23. The van der Waals surface area contributed by atoms with Crippen LogP contribution in [0.5, 0.6) is 5.75 Å². The molecule has 0 aliphatic rings. The molecule has 0 saturated carbocycles. The van der Waals surface area contributed by atoms with Crippen LogP contribution in [0.2, 0.25) is 0 Å². The van der Waals surface area contributed by atoms with Crippen molar-refractivity contribution in [3.63, 3.8) is 0 Å². The number of ether oxygens (including phenoxy) is 1. The minimum absolute atomic E-state index is 0.171. The van der Waals surface area contributed by atoms with Gasteiger partial charge in [0.2, 0.25) is 0 Å². The van der Waals surface area contributed by atoms with E-state index in [0.717, 1.165) is 15.2 Å². The summed E-state index contributed by atoms with van der Waals surface area (Å²) in [4.78, 5) is 16.4. The molecule has 0 fully saturated rings. The summed E-state index contributed by atoms with van der Waals surface area (Å²) in [6.07, 6.45) is 0. The SMILES string of the molecule is COc1cc(Br)ccc1C(=O)NCc1csc(C)n1.